The Kier molecular flexibility index (Phi) is 6.60. The maximum atomic E-state index is 12.6. The zero-order chi connectivity index (χ0) is 22.7. The number of aryl methyl sites for hydroxylation is 1. The van der Waals surface area contributed by atoms with Gasteiger partial charge in [-0.2, -0.15) is 0 Å². The second kappa shape index (κ2) is 9.77. The third kappa shape index (κ3) is 5.20. The highest BCUT2D eigenvalue weighted by atomic mass is 16.5. The van der Waals surface area contributed by atoms with Gasteiger partial charge in [-0.05, 0) is 70.2 Å². The summed E-state index contributed by atoms with van der Waals surface area (Å²) in [5.74, 6) is 0.929. The van der Waals surface area contributed by atoms with Crippen molar-refractivity contribution in [2.75, 3.05) is 49.1 Å². The molecule has 0 bridgehead atoms. The summed E-state index contributed by atoms with van der Waals surface area (Å²) in [5.41, 5.74) is 2.99. The van der Waals surface area contributed by atoms with E-state index >= 15 is 0 Å². The van der Waals surface area contributed by atoms with Gasteiger partial charge in [0.1, 0.15) is 6.61 Å². The van der Waals surface area contributed by atoms with Gasteiger partial charge in [0.25, 0.3) is 5.91 Å². The second-order valence-corrected chi connectivity index (χ2v) is 9.81. The standard InChI is InChI=1S/C26H35N5O2/c1-21-6-8-23(9-7-21)31-20-26(33-19-24(31)32)11-5-14-29(17-12-26)18-22-10-13-27-25(28-22)30-15-3-2-4-16-30/h6-10,13H,2-5,11-12,14-20H2,1H3/t26-/m1/s1. The molecule has 7 heteroatoms. The lowest BCUT2D eigenvalue weighted by molar-refractivity contribution is -0.140. The predicted molar refractivity (Wildman–Crippen MR) is 129 cm³/mol. The number of morpholine rings is 1. The number of rotatable bonds is 4. The first-order valence-electron chi connectivity index (χ1n) is 12.4. The molecule has 1 aromatic carbocycles. The fraction of sp³-hybridized carbons (Fsp3) is 0.577. The van der Waals surface area contributed by atoms with Crippen molar-refractivity contribution in [1.29, 1.82) is 0 Å². The summed E-state index contributed by atoms with van der Waals surface area (Å²) in [5, 5.41) is 0. The molecule has 1 atom stereocenters. The lowest BCUT2D eigenvalue weighted by Gasteiger charge is -2.42. The molecule has 0 saturated carbocycles. The van der Waals surface area contributed by atoms with Gasteiger partial charge in [0.2, 0.25) is 5.95 Å². The molecular formula is C26H35N5O2. The topological polar surface area (TPSA) is 61.8 Å². The maximum absolute atomic E-state index is 12.6. The molecule has 2 aromatic rings. The van der Waals surface area contributed by atoms with Gasteiger partial charge in [-0.15, -0.1) is 0 Å². The van der Waals surface area contributed by atoms with Crippen LogP contribution in [0.15, 0.2) is 36.5 Å². The summed E-state index contributed by atoms with van der Waals surface area (Å²) in [7, 11) is 0. The summed E-state index contributed by atoms with van der Waals surface area (Å²) >= 11 is 0. The molecule has 3 aliphatic heterocycles. The summed E-state index contributed by atoms with van der Waals surface area (Å²) < 4.78 is 6.22. The Bertz CT molecular complexity index is 959. The van der Waals surface area contributed by atoms with Gasteiger partial charge < -0.3 is 14.5 Å². The Labute approximate surface area is 196 Å². The summed E-state index contributed by atoms with van der Waals surface area (Å²) in [6.07, 6.45) is 8.62. The molecule has 176 valence electrons. The third-order valence-corrected chi connectivity index (χ3v) is 7.31. The molecule has 0 radical (unpaired) electrons. The lowest BCUT2D eigenvalue weighted by atomic mass is 9.92. The smallest absolute Gasteiger partial charge is 0.253 e. The number of aromatic nitrogens is 2. The molecule has 0 unspecified atom stereocenters. The number of nitrogens with zero attached hydrogens (tertiary/aromatic N) is 5. The van der Waals surface area contributed by atoms with Crippen LogP contribution in [0.2, 0.25) is 0 Å². The maximum Gasteiger partial charge on any atom is 0.253 e. The Balaban J connectivity index is 1.23. The van der Waals surface area contributed by atoms with E-state index < -0.39 is 0 Å². The van der Waals surface area contributed by atoms with Crippen LogP contribution in [0.3, 0.4) is 0 Å². The highest BCUT2D eigenvalue weighted by Crippen LogP contribution is 2.33. The molecule has 7 nitrogen and oxygen atoms in total. The molecule has 0 N–H and O–H groups in total. The quantitative estimate of drug-likeness (QED) is 0.711. The molecule has 1 aromatic heterocycles. The van der Waals surface area contributed by atoms with Crippen molar-refractivity contribution in [3.05, 3.63) is 47.8 Å². The van der Waals surface area contributed by atoms with Crippen LogP contribution >= 0.6 is 0 Å². The monoisotopic (exact) mass is 449 g/mol. The van der Waals surface area contributed by atoms with Gasteiger partial charge in [-0.3, -0.25) is 9.69 Å². The minimum atomic E-state index is -0.266. The Morgan fingerprint density at radius 3 is 2.61 bits per heavy atom. The normalized spacial score (nSPS) is 24.8. The van der Waals surface area contributed by atoms with Crippen molar-refractivity contribution in [2.45, 2.75) is 57.6 Å². The number of carbonyl (C=O) groups excluding carboxylic acids is 1. The van der Waals surface area contributed by atoms with Crippen molar-refractivity contribution in [2.24, 2.45) is 0 Å². The molecule has 0 aliphatic carbocycles. The molecule has 33 heavy (non-hydrogen) atoms. The summed E-state index contributed by atoms with van der Waals surface area (Å²) in [6, 6.07) is 10.3. The minimum Gasteiger partial charge on any atom is -0.363 e. The molecular weight excluding hydrogens is 414 g/mol. The van der Waals surface area contributed by atoms with E-state index in [0.717, 1.165) is 69.3 Å². The van der Waals surface area contributed by atoms with Crippen molar-refractivity contribution in [3.8, 4) is 0 Å². The molecule has 3 fully saturated rings. The number of amides is 1. The highest BCUT2D eigenvalue weighted by Gasteiger charge is 2.41. The van der Waals surface area contributed by atoms with Crippen LogP contribution < -0.4 is 9.80 Å². The van der Waals surface area contributed by atoms with Crippen molar-refractivity contribution in [1.82, 2.24) is 14.9 Å². The number of carbonyl (C=O) groups is 1. The van der Waals surface area contributed by atoms with Gasteiger partial charge in [0, 0.05) is 38.1 Å². The van der Waals surface area contributed by atoms with Crippen LogP contribution in [-0.2, 0) is 16.1 Å². The Morgan fingerprint density at radius 2 is 1.79 bits per heavy atom. The molecule has 4 heterocycles. The van der Waals surface area contributed by atoms with Crippen LogP contribution in [-0.4, -0.2) is 65.7 Å². The van der Waals surface area contributed by atoms with Crippen molar-refractivity contribution in [3.63, 3.8) is 0 Å². The molecule has 1 amide bonds. The minimum absolute atomic E-state index is 0.0526. The van der Waals surface area contributed by atoms with Crippen LogP contribution in [0, 0.1) is 6.92 Å². The van der Waals surface area contributed by atoms with Gasteiger partial charge in [-0.25, -0.2) is 9.97 Å². The Morgan fingerprint density at radius 1 is 0.970 bits per heavy atom. The number of anilines is 2. The average molecular weight is 450 g/mol. The van der Waals surface area contributed by atoms with E-state index in [1.807, 2.05) is 29.3 Å². The molecule has 3 saturated heterocycles. The number of hydrogen-bond donors (Lipinski definition) is 0. The van der Waals surface area contributed by atoms with E-state index in [1.165, 1.54) is 24.8 Å². The van der Waals surface area contributed by atoms with Gasteiger partial charge in [0.15, 0.2) is 0 Å². The lowest BCUT2D eigenvalue weighted by Crippen LogP contribution is -2.55. The van der Waals surface area contributed by atoms with E-state index in [2.05, 4.69) is 33.8 Å². The fourth-order valence-corrected chi connectivity index (χ4v) is 5.31. The first kappa shape index (κ1) is 22.3. The zero-order valence-corrected chi connectivity index (χ0v) is 19.7. The van der Waals surface area contributed by atoms with Gasteiger partial charge >= 0.3 is 0 Å². The molecule has 1 spiro atoms. The van der Waals surface area contributed by atoms with E-state index in [9.17, 15) is 4.79 Å². The van der Waals surface area contributed by atoms with E-state index in [-0.39, 0.29) is 18.1 Å². The third-order valence-electron chi connectivity index (χ3n) is 7.31. The average Bonchev–Trinajstić information content (AvgIpc) is 3.04. The zero-order valence-electron chi connectivity index (χ0n) is 19.7. The van der Waals surface area contributed by atoms with E-state index in [4.69, 9.17) is 9.72 Å². The van der Waals surface area contributed by atoms with Gasteiger partial charge in [-0.1, -0.05) is 17.7 Å². The fourth-order valence-electron chi connectivity index (χ4n) is 5.31. The van der Waals surface area contributed by atoms with Crippen molar-refractivity contribution >= 4 is 17.5 Å². The number of benzene rings is 1. The molecule has 3 aliphatic rings. The van der Waals surface area contributed by atoms with Gasteiger partial charge in [0.05, 0.1) is 17.8 Å². The number of hydrogen-bond acceptors (Lipinski definition) is 6. The van der Waals surface area contributed by atoms with Crippen LogP contribution in [0.4, 0.5) is 11.6 Å². The predicted octanol–water partition coefficient (Wildman–Crippen LogP) is 3.56. The number of ether oxygens (including phenoxy) is 1. The second-order valence-electron chi connectivity index (χ2n) is 9.81. The SMILES string of the molecule is Cc1ccc(N2C[C@]3(CCCN(Cc4ccnc(N5CCCCC5)n4)CC3)OCC2=O)cc1. The first-order valence-corrected chi connectivity index (χ1v) is 12.4. The van der Waals surface area contributed by atoms with Crippen LogP contribution in [0.5, 0.6) is 0 Å². The van der Waals surface area contributed by atoms with E-state index in [0.29, 0.717) is 6.54 Å². The molecule has 5 rings (SSSR count). The summed E-state index contributed by atoms with van der Waals surface area (Å²) in [6.45, 7) is 7.78. The summed E-state index contributed by atoms with van der Waals surface area (Å²) in [4.78, 5) is 28.8. The highest BCUT2D eigenvalue weighted by molar-refractivity contribution is 5.95. The number of piperidine rings is 1. The number of likely N-dealkylation sites (tertiary alicyclic amines) is 1. The largest absolute Gasteiger partial charge is 0.363 e. The van der Waals surface area contributed by atoms with E-state index in [1.54, 1.807) is 0 Å². The van der Waals surface area contributed by atoms with Crippen LogP contribution in [0.1, 0.15) is 49.8 Å². The Hall–Kier alpha value is -2.51. The van der Waals surface area contributed by atoms with Crippen LogP contribution in [0.25, 0.3) is 0 Å². The van der Waals surface area contributed by atoms with Crippen molar-refractivity contribution < 1.29 is 9.53 Å². The first-order chi connectivity index (χ1) is 16.1.